The molecule has 0 aromatic rings. The van der Waals surface area contributed by atoms with Gasteiger partial charge in [-0.15, -0.1) is 0 Å². The summed E-state index contributed by atoms with van der Waals surface area (Å²) in [6.07, 6.45) is 8.30. The zero-order valence-corrected chi connectivity index (χ0v) is 14.2. The van der Waals surface area contributed by atoms with Gasteiger partial charge in [0.1, 0.15) is 0 Å². The van der Waals surface area contributed by atoms with Gasteiger partial charge in [-0.3, -0.25) is 0 Å². The van der Waals surface area contributed by atoms with Crippen molar-refractivity contribution >= 4 is 0 Å². The average molecular weight is 282 g/mol. The van der Waals surface area contributed by atoms with Crippen LogP contribution in [0.15, 0.2) is 0 Å². The molecule has 2 rings (SSSR count). The molecular weight excluding hydrogens is 248 g/mol. The summed E-state index contributed by atoms with van der Waals surface area (Å²) in [5.74, 6) is 0. The van der Waals surface area contributed by atoms with Gasteiger partial charge in [0.05, 0.1) is 6.10 Å². The fourth-order valence-corrected chi connectivity index (χ4v) is 4.19. The van der Waals surface area contributed by atoms with E-state index in [1.807, 2.05) is 0 Å². The Morgan fingerprint density at radius 3 is 2.35 bits per heavy atom. The summed E-state index contributed by atoms with van der Waals surface area (Å²) in [6, 6.07) is 0.626. The molecule has 0 heterocycles. The smallest absolute Gasteiger partial charge is 0.0658 e. The van der Waals surface area contributed by atoms with Crippen LogP contribution < -0.4 is 5.32 Å². The molecule has 0 aliphatic heterocycles. The molecule has 3 atom stereocenters. The van der Waals surface area contributed by atoms with E-state index >= 15 is 0 Å². The van der Waals surface area contributed by atoms with E-state index in [2.05, 4.69) is 45.1 Å². The lowest BCUT2D eigenvalue weighted by atomic mass is 9.61. The Hall–Kier alpha value is -0.120. The van der Waals surface area contributed by atoms with Crippen molar-refractivity contribution in [2.24, 2.45) is 5.41 Å². The maximum Gasteiger partial charge on any atom is 0.0658 e. The Morgan fingerprint density at radius 2 is 1.85 bits per heavy atom. The Balaban J connectivity index is 1.91. The fourth-order valence-electron chi connectivity index (χ4n) is 4.19. The minimum Gasteiger partial charge on any atom is -0.378 e. The lowest BCUT2D eigenvalue weighted by Gasteiger charge is -2.55. The molecule has 118 valence electrons. The van der Waals surface area contributed by atoms with Crippen LogP contribution in [0.5, 0.6) is 0 Å². The highest BCUT2D eigenvalue weighted by molar-refractivity contribution is 5.06. The van der Waals surface area contributed by atoms with Crippen LogP contribution in [0, 0.1) is 5.41 Å². The predicted octanol–water partition coefficient (Wildman–Crippen LogP) is 3.04. The maximum absolute atomic E-state index is 5.91. The fraction of sp³-hybridized carbons (Fsp3) is 1.00. The first-order chi connectivity index (χ1) is 9.48. The van der Waals surface area contributed by atoms with Gasteiger partial charge in [-0.05, 0) is 46.7 Å². The van der Waals surface area contributed by atoms with Gasteiger partial charge < -0.3 is 15.0 Å². The van der Waals surface area contributed by atoms with Gasteiger partial charge in [-0.25, -0.2) is 0 Å². The van der Waals surface area contributed by atoms with Crippen molar-refractivity contribution in [1.29, 1.82) is 0 Å². The second-order valence-electron chi connectivity index (χ2n) is 7.30. The van der Waals surface area contributed by atoms with E-state index in [1.165, 1.54) is 38.5 Å². The number of hydrogen-bond acceptors (Lipinski definition) is 3. The summed E-state index contributed by atoms with van der Waals surface area (Å²) in [5, 5.41) is 3.89. The van der Waals surface area contributed by atoms with Crippen LogP contribution in [0.4, 0.5) is 0 Å². The summed E-state index contributed by atoms with van der Waals surface area (Å²) < 4.78 is 5.91. The lowest BCUT2D eigenvalue weighted by Crippen LogP contribution is -2.64. The van der Waals surface area contributed by atoms with Gasteiger partial charge in [-0.2, -0.15) is 0 Å². The second-order valence-corrected chi connectivity index (χ2v) is 7.30. The standard InChI is InChI=1S/C17H34N2O/c1-6-16(3)14(12-15(16)20-7-2)18-13-17(19(4)5)10-8-9-11-17/h14-15,18H,6-13H2,1-5H3. The first kappa shape index (κ1) is 16.3. The van der Waals surface area contributed by atoms with E-state index in [4.69, 9.17) is 4.74 Å². The highest BCUT2D eigenvalue weighted by atomic mass is 16.5. The van der Waals surface area contributed by atoms with Crippen LogP contribution in [0.25, 0.3) is 0 Å². The van der Waals surface area contributed by atoms with E-state index in [1.54, 1.807) is 0 Å². The summed E-state index contributed by atoms with van der Waals surface area (Å²) in [6.45, 7) is 8.78. The largest absolute Gasteiger partial charge is 0.378 e. The van der Waals surface area contributed by atoms with Crippen LogP contribution in [-0.2, 0) is 4.74 Å². The first-order valence-electron chi connectivity index (χ1n) is 8.51. The third-order valence-electron chi connectivity index (χ3n) is 6.27. The van der Waals surface area contributed by atoms with Crippen molar-refractivity contribution in [1.82, 2.24) is 10.2 Å². The first-order valence-corrected chi connectivity index (χ1v) is 8.51. The Bertz CT molecular complexity index is 312. The molecule has 3 heteroatoms. The van der Waals surface area contributed by atoms with Crippen molar-refractivity contribution < 1.29 is 4.74 Å². The van der Waals surface area contributed by atoms with Crippen molar-refractivity contribution in [3.63, 3.8) is 0 Å². The zero-order valence-electron chi connectivity index (χ0n) is 14.2. The molecule has 2 aliphatic carbocycles. The van der Waals surface area contributed by atoms with Gasteiger partial charge in [0.15, 0.2) is 0 Å². The van der Waals surface area contributed by atoms with Crippen molar-refractivity contribution in [3.05, 3.63) is 0 Å². The van der Waals surface area contributed by atoms with Crippen LogP contribution in [-0.4, -0.2) is 49.8 Å². The maximum atomic E-state index is 5.91. The van der Waals surface area contributed by atoms with Crippen molar-refractivity contribution in [3.8, 4) is 0 Å². The summed E-state index contributed by atoms with van der Waals surface area (Å²) >= 11 is 0. The van der Waals surface area contributed by atoms with Gasteiger partial charge in [0, 0.05) is 30.1 Å². The van der Waals surface area contributed by atoms with Gasteiger partial charge in [-0.1, -0.05) is 26.7 Å². The molecule has 0 bridgehead atoms. The normalized spacial score (nSPS) is 36.3. The molecular formula is C17H34N2O. The molecule has 1 N–H and O–H groups in total. The number of likely N-dealkylation sites (N-methyl/N-ethyl adjacent to an activating group) is 1. The Labute approximate surface area is 125 Å². The van der Waals surface area contributed by atoms with Crippen LogP contribution >= 0.6 is 0 Å². The molecule has 2 fully saturated rings. The monoisotopic (exact) mass is 282 g/mol. The van der Waals surface area contributed by atoms with Gasteiger partial charge >= 0.3 is 0 Å². The van der Waals surface area contributed by atoms with Crippen molar-refractivity contribution in [2.45, 2.75) is 77.0 Å². The number of rotatable bonds is 7. The predicted molar refractivity (Wildman–Crippen MR) is 85.1 cm³/mol. The highest BCUT2D eigenvalue weighted by Gasteiger charge is 2.51. The van der Waals surface area contributed by atoms with E-state index < -0.39 is 0 Å². The quantitative estimate of drug-likeness (QED) is 0.777. The average Bonchev–Trinajstić information content (AvgIpc) is 2.91. The molecule has 3 unspecified atom stereocenters. The highest BCUT2D eigenvalue weighted by Crippen LogP contribution is 2.46. The van der Waals surface area contributed by atoms with E-state index in [0.717, 1.165) is 13.2 Å². The third-order valence-corrected chi connectivity index (χ3v) is 6.27. The Kier molecular flexibility index (Phi) is 5.14. The molecule has 0 spiro atoms. The second kappa shape index (κ2) is 6.33. The molecule has 0 radical (unpaired) electrons. The van der Waals surface area contributed by atoms with Crippen LogP contribution in [0.3, 0.4) is 0 Å². The van der Waals surface area contributed by atoms with E-state index in [9.17, 15) is 0 Å². The van der Waals surface area contributed by atoms with Crippen LogP contribution in [0.2, 0.25) is 0 Å². The summed E-state index contributed by atoms with van der Waals surface area (Å²) in [5.41, 5.74) is 0.716. The zero-order chi connectivity index (χ0) is 14.8. The minimum absolute atomic E-state index is 0.322. The lowest BCUT2D eigenvalue weighted by molar-refractivity contribution is -0.127. The topological polar surface area (TPSA) is 24.5 Å². The number of ether oxygens (including phenoxy) is 1. The molecule has 0 aromatic carbocycles. The molecule has 0 saturated heterocycles. The molecule has 20 heavy (non-hydrogen) atoms. The van der Waals surface area contributed by atoms with E-state index in [0.29, 0.717) is 23.1 Å². The minimum atomic E-state index is 0.322. The summed E-state index contributed by atoms with van der Waals surface area (Å²) in [4.78, 5) is 2.45. The molecule has 3 nitrogen and oxygen atoms in total. The molecule has 2 saturated carbocycles. The number of nitrogens with one attached hydrogen (secondary N) is 1. The van der Waals surface area contributed by atoms with Crippen LogP contribution in [0.1, 0.15) is 59.3 Å². The third kappa shape index (κ3) is 2.77. The van der Waals surface area contributed by atoms with Gasteiger partial charge in [0.25, 0.3) is 0 Å². The van der Waals surface area contributed by atoms with Gasteiger partial charge in [0.2, 0.25) is 0 Å². The SMILES string of the molecule is CCOC1CC(NCC2(N(C)C)CCCC2)C1(C)CC. The molecule has 0 aromatic heterocycles. The number of nitrogens with zero attached hydrogens (tertiary/aromatic N) is 1. The Morgan fingerprint density at radius 1 is 1.20 bits per heavy atom. The number of hydrogen-bond donors (Lipinski definition) is 1. The van der Waals surface area contributed by atoms with E-state index in [-0.39, 0.29) is 0 Å². The summed E-state index contributed by atoms with van der Waals surface area (Å²) in [7, 11) is 4.49. The van der Waals surface area contributed by atoms with Crippen molar-refractivity contribution in [2.75, 3.05) is 27.2 Å². The molecule has 0 amide bonds. The molecule has 2 aliphatic rings.